The van der Waals surface area contributed by atoms with Crippen LogP contribution < -0.4 is 5.48 Å². The van der Waals surface area contributed by atoms with E-state index in [2.05, 4.69) is 4.28 Å². The summed E-state index contributed by atoms with van der Waals surface area (Å²) in [4.78, 5) is 10.3. The van der Waals surface area contributed by atoms with Gasteiger partial charge in [0.25, 0.3) is 5.91 Å². The van der Waals surface area contributed by atoms with Crippen LogP contribution in [0.25, 0.3) is 0 Å². The van der Waals surface area contributed by atoms with E-state index in [1.807, 2.05) is 0 Å². The summed E-state index contributed by atoms with van der Waals surface area (Å²) in [6.07, 6.45) is 0.957. The molecule has 0 saturated heterocycles. The molecule has 0 aliphatic carbocycles. The molecule has 56 valence electrons. The van der Waals surface area contributed by atoms with Crippen molar-refractivity contribution >= 4 is 16.0 Å². The first-order valence-electron chi connectivity index (χ1n) is 2.44. The van der Waals surface area contributed by atoms with Gasteiger partial charge >= 0.3 is 10.1 Å². The number of carbonyl (C=O) groups is 1. The third-order valence-electron chi connectivity index (χ3n) is 0.981. The summed E-state index contributed by atoms with van der Waals surface area (Å²) in [5.74, 6) is -0.563. The fourth-order valence-corrected chi connectivity index (χ4v) is 1.02. The van der Waals surface area contributed by atoms with Crippen LogP contribution in [0.4, 0.5) is 0 Å². The number of hydrogen-bond acceptors (Lipinski definition) is 4. The zero-order chi connectivity index (χ0) is 7.78. The average molecular weight is 163 g/mol. The standard InChI is InChI=1S/C4H5NO4S/c1-3-2-4(6)5-9-10(3,7)8/h2H,1H3,(H,5,6). The predicted molar refractivity (Wildman–Crippen MR) is 31.9 cm³/mol. The monoisotopic (exact) mass is 163 g/mol. The quantitative estimate of drug-likeness (QED) is 0.511. The Morgan fingerprint density at radius 2 is 2.20 bits per heavy atom. The second-order valence-electron chi connectivity index (χ2n) is 1.76. The molecule has 0 unspecified atom stereocenters. The second-order valence-corrected chi connectivity index (χ2v) is 3.48. The van der Waals surface area contributed by atoms with Crippen LogP contribution in [0.2, 0.25) is 0 Å². The van der Waals surface area contributed by atoms with Gasteiger partial charge in [-0.05, 0) is 6.92 Å². The maximum Gasteiger partial charge on any atom is 0.313 e. The van der Waals surface area contributed by atoms with Gasteiger partial charge in [-0.15, -0.1) is 4.28 Å². The molecule has 5 nitrogen and oxygen atoms in total. The maximum absolute atomic E-state index is 10.6. The Morgan fingerprint density at radius 3 is 2.60 bits per heavy atom. The molecule has 1 amide bonds. The first kappa shape index (κ1) is 7.23. The van der Waals surface area contributed by atoms with Gasteiger partial charge < -0.3 is 0 Å². The lowest BCUT2D eigenvalue weighted by Crippen LogP contribution is -2.30. The Kier molecular flexibility index (Phi) is 1.49. The van der Waals surface area contributed by atoms with Crippen LogP contribution >= 0.6 is 0 Å². The highest BCUT2D eigenvalue weighted by Gasteiger charge is 2.21. The molecule has 0 bridgehead atoms. The van der Waals surface area contributed by atoms with E-state index in [0.717, 1.165) is 6.08 Å². The Balaban J connectivity index is 3.12. The number of allylic oxidation sites excluding steroid dienone is 1. The van der Waals surface area contributed by atoms with Crippen LogP contribution in [-0.2, 0) is 19.2 Å². The smallest absolute Gasteiger partial charge is 0.268 e. The summed E-state index contributed by atoms with van der Waals surface area (Å²) in [7, 11) is -3.67. The minimum absolute atomic E-state index is 0.0868. The number of rotatable bonds is 0. The van der Waals surface area contributed by atoms with Crippen molar-refractivity contribution in [1.82, 2.24) is 5.48 Å². The number of hydrogen-bond donors (Lipinski definition) is 1. The number of amides is 1. The Labute approximate surface area is 57.8 Å². The van der Waals surface area contributed by atoms with Crippen LogP contribution in [0.1, 0.15) is 6.92 Å². The molecular weight excluding hydrogens is 158 g/mol. The highest BCUT2D eigenvalue weighted by Crippen LogP contribution is 2.09. The van der Waals surface area contributed by atoms with Crippen LogP contribution in [0.15, 0.2) is 11.0 Å². The van der Waals surface area contributed by atoms with E-state index in [1.54, 1.807) is 5.48 Å². The lowest BCUT2D eigenvalue weighted by atomic mass is 10.5. The minimum Gasteiger partial charge on any atom is -0.268 e. The molecule has 1 aliphatic heterocycles. The van der Waals surface area contributed by atoms with Gasteiger partial charge in [0, 0.05) is 6.08 Å². The van der Waals surface area contributed by atoms with Crippen LogP contribution in [0, 0.1) is 0 Å². The largest absolute Gasteiger partial charge is 0.313 e. The van der Waals surface area contributed by atoms with Crippen molar-refractivity contribution in [2.45, 2.75) is 6.92 Å². The van der Waals surface area contributed by atoms with E-state index in [1.165, 1.54) is 6.92 Å². The van der Waals surface area contributed by atoms with Crippen LogP contribution in [0.3, 0.4) is 0 Å². The second kappa shape index (κ2) is 2.06. The zero-order valence-corrected chi connectivity index (χ0v) is 5.94. The van der Waals surface area contributed by atoms with Gasteiger partial charge in [0.15, 0.2) is 0 Å². The van der Waals surface area contributed by atoms with E-state index in [9.17, 15) is 13.2 Å². The molecule has 1 aliphatic rings. The van der Waals surface area contributed by atoms with E-state index in [-0.39, 0.29) is 4.91 Å². The van der Waals surface area contributed by atoms with Crippen molar-refractivity contribution in [2.24, 2.45) is 0 Å². The summed E-state index contributed by atoms with van der Waals surface area (Å²) in [6, 6.07) is 0. The lowest BCUT2D eigenvalue weighted by Gasteiger charge is -2.09. The third kappa shape index (κ3) is 1.17. The Bertz CT molecular complexity index is 288. The van der Waals surface area contributed by atoms with Gasteiger partial charge in [-0.25, -0.2) is 5.48 Å². The minimum atomic E-state index is -3.67. The van der Waals surface area contributed by atoms with Gasteiger partial charge in [-0.2, -0.15) is 8.42 Å². The summed E-state index contributed by atoms with van der Waals surface area (Å²) in [6.45, 7) is 1.29. The van der Waals surface area contributed by atoms with E-state index in [4.69, 9.17) is 0 Å². The number of hydroxylamine groups is 1. The molecule has 0 aromatic carbocycles. The van der Waals surface area contributed by atoms with Crippen LogP contribution in [-0.4, -0.2) is 14.3 Å². The molecule has 0 spiro atoms. The van der Waals surface area contributed by atoms with Crippen molar-refractivity contribution in [3.8, 4) is 0 Å². The zero-order valence-electron chi connectivity index (χ0n) is 5.12. The normalized spacial score (nSPS) is 23.3. The third-order valence-corrected chi connectivity index (χ3v) is 2.19. The molecule has 0 aromatic rings. The summed E-state index contributed by atoms with van der Waals surface area (Å²) >= 11 is 0. The summed E-state index contributed by atoms with van der Waals surface area (Å²) in [5, 5.41) is 0. The maximum atomic E-state index is 10.6. The molecule has 0 atom stereocenters. The van der Waals surface area contributed by atoms with Crippen molar-refractivity contribution in [1.29, 1.82) is 0 Å². The first-order valence-corrected chi connectivity index (χ1v) is 3.85. The van der Waals surface area contributed by atoms with E-state index >= 15 is 0 Å². The average Bonchev–Trinajstić information content (AvgIpc) is 1.81. The number of nitrogens with one attached hydrogen (secondary N) is 1. The van der Waals surface area contributed by atoms with Crippen LogP contribution in [0.5, 0.6) is 0 Å². The molecule has 10 heavy (non-hydrogen) atoms. The molecule has 1 N–H and O–H groups in total. The highest BCUT2D eigenvalue weighted by molar-refractivity contribution is 7.90. The summed E-state index contributed by atoms with van der Waals surface area (Å²) < 4.78 is 25.2. The predicted octanol–water partition coefficient (Wildman–Crippen LogP) is -0.719. The van der Waals surface area contributed by atoms with Gasteiger partial charge in [0.1, 0.15) is 0 Å². The summed E-state index contributed by atoms with van der Waals surface area (Å²) in [5.41, 5.74) is 1.70. The lowest BCUT2D eigenvalue weighted by molar-refractivity contribution is -0.122. The number of carbonyl (C=O) groups excluding carboxylic acids is 1. The fourth-order valence-electron chi connectivity index (χ4n) is 0.448. The Hall–Kier alpha value is -0.880. The van der Waals surface area contributed by atoms with E-state index < -0.39 is 16.0 Å². The SMILES string of the molecule is CC1=CC(=O)NOS1(=O)=O. The fraction of sp³-hybridized carbons (Fsp3) is 0.250. The molecule has 1 rings (SSSR count). The van der Waals surface area contributed by atoms with E-state index in [0.29, 0.717) is 0 Å². The van der Waals surface area contributed by atoms with Crippen molar-refractivity contribution < 1.29 is 17.5 Å². The molecule has 0 radical (unpaired) electrons. The topological polar surface area (TPSA) is 72.5 Å². The molecule has 0 aromatic heterocycles. The Morgan fingerprint density at radius 1 is 1.60 bits per heavy atom. The van der Waals surface area contributed by atoms with Gasteiger partial charge in [-0.3, -0.25) is 4.79 Å². The molecule has 0 saturated carbocycles. The molecular formula is C4H5NO4S. The van der Waals surface area contributed by atoms with Crippen molar-refractivity contribution in [3.05, 3.63) is 11.0 Å². The van der Waals surface area contributed by atoms with Gasteiger partial charge in [0.05, 0.1) is 4.91 Å². The molecule has 0 fully saturated rings. The van der Waals surface area contributed by atoms with Crippen molar-refractivity contribution in [2.75, 3.05) is 0 Å². The molecule has 6 heteroatoms. The van der Waals surface area contributed by atoms with Crippen molar-refractivity contribution in [3.63, 3.8) is 0 Å². The highest BCUT2D eigenvalue weighted by atomic mass is 32.2. The van der Waals surface area contributed by atoms with Gasteiger partial charge in [-0.1, -0.05) is 0 Å². The van der Waals surface area contributed by atoms with Gasteiger partial charge in [0.2, 0.25) is 0 Å². The first-order chi connectivity index (χ1) is 4.52. The molecule has 1 heterocycles.